The summed E-state index contributed by atoms with van der Waals surface area (Å²) in [7, 11) is 1.62. The van der Waals surface area contributed by atoms with Crippen molar-refractivity contribution in [2.45, 2.75) is 44.7 Å². The molecule has 3 atom stereocenters. The Balaban J connectivity index is 1.51. The van der Waals surface area contributed by atoms with Crippen molar-refractivity contribution in [2.75, 3.05) is 13.6 Å². The number of phenols is 1. The van der Waals surface area contributed by atoms with Gasteiger partial charge in [0.2, 0.25) is 11.8 Å². The van der Waals surface area contributed by atoms with Gasteiger partial charge in [0.05, 0.1) is 12.6 Å². The van der Waals surface area contributed by atoms with E-state index in [4.69, 9.17) is 0 Å². The van der Waals surface area contributed by atoms with Crippen LogP contribution in [0.3, 0.4) is 0 Å². The van der Waals surface area contributed by atoms with Crippen LogP contribution >= 0.6 is 0 Å². The number of rotatable bonds is 6. The van der Waals surface area contributed by atoms with Gasteiger partial charge in [-0.1, -0.05) is 48.5 Å². The Hall–Kier alpha value is -4.51. The summed E-state index contributed by atoms with van der Waals surface area (Å²) in [5.74, 6) is -2.23. The van der Waals surface area contributed by atoms with Crippen molar-refractivity contribution < 1.29 is 28.3 Å². The summed E-state index contributed by atoms with van der Waals surface area (Å²) in [4.78, 5) is 44.0. The average molecular weight is 564 g/mol. The van der Waals surface area contributed by atoms with Gasteiger partial charge in [0.15, 0.2) is 0 Å². The highest BCUT2D eigenvalue weighted by Gasteiger charge is 2.54. The minimum absolute atomic E-state index is 0.0561. The van der Waals surface area contributed by atoms with E-state index in [1.165, 1.54) is 38.0 Å². The zero-order valence-electron chi connectivity index (χ0n) is 22.7. The number of amides is 4. The van der Waals surface area contributed by atoms with Crippen LogP contribution in [0.2, 0.25) is 0 Å². The summed E-state index contributed by atoms with van der Waals surface area (Å²) in [5, 5.41) is 15.6. The summed E-state index contributed by atoms with van der Waals surface area (Å²) < 4.78 is 28.3. The van der Waals surface area contributed by atoms with Crippen LogP contribution in [0.15, 0.2) is 72.8 Å². The number of phenolic OH excluding ortho intramolecular Hbond substituents is 1. The number of halogens is 2. The maximum absolute atomic E-state index is 14.7. The van der Waals surface area contributed by atoms with Gasteiger partial charge in [-0.3, -0.25) is 9.59 Å². The van der Waals surface area contributed by atoms with Crippen LogP contribution in [-0.4, -0.2) is 74.6 Å². The van der Waals surface area contributed by atoms with Crippen molar-refractivity contribution in [3.63, 3.8) is 0 Å². The summed E-state index contributed by atoms with van der Waals surface area (Å²) in [6.07, 6.45) is -0.792. The van der Waals surface area contributed by atoms with Gasteiger partial charge in [0.25, 0.3) is 0 Å². The molecule has 3 unspecified atom stereocenters. The highest BCUT2D eigenvalue weighted by atomic mass is 19.1. The second kappa shape index (κ2) is 11.5. The van der Waals surface area contributed by atoms with E-state index in [0.717, 1.165) is 17.7 Å². The monoisotopic (exact) mass is 563 g/mol. The van der Waals surface area contributed by atoms with E-state index in [0.29, 0.717) is 5.56 Å². The van der Waals surface area contributed by atoms with Crippen LogP contribution < -0.4 is 5.32 Å². The third-order valence-electron chi connectivity index (χ3n) is 7.60. The molecule has 0 saturated carbocycles. The molecule has 0 spiro atoms. The Kier molecular flexibility index (Phi) is 7.89. The number of urea groups is 1. The average Bonchev–Trinajstić information content (AvgIpc) is 2.94. The number of aromatic hydroxyl groups is 1. The number of hydrogen-bond donors (Lipinski definition) is 2. The van der Waals surface area contributed by atoms with Crippen LogP contribution in [0.1, 0.15) is 23.6 Å². The maximum Gasteiger partial charge on any atom is 0.334 e. The summed E-state index contributed by atoms with van der Waals surface area (Å²) in [6.45, 7) is 1.64. The van der Waals surface area contributed by atoms with E-state index in [-0.39, 0.29) is 43.3 Å². The van der Waals surface area contributed by atoms with Gasteiger partial charge in [0.1, 0.15) is 29.6 Å². The van der Waals surface area contributed by atoms with E-state index in [1.807, 2.05) is 30.3 Å². The molecule has 3 aromatic carbocycles. The smallest absolute Gasteiger partial charge is 0.334 e. The lowest BCUT2D eigenvalue weighted by molar-refractivity contribution is -0.196. The largest absolute Gasteiger partial charge is 0.508 e. The second-order valence-electron chi connectivity index (χ2n) is 10.3. The SMILES string of the molecule is CC1C2N(C(=O)CN(C)N2C(=O)NCc2ccccc2)C(Cc2ccc(O)cc2)C(=O)N1Cc1ccc(F)cc1F. The molecule has 0 radical (unpaired) electrons. The third kappa shape index (κ3) is 5.71. The molecule has 0 bridgehead atoms. The molecule has 4 amide bonds. The first-order valence-electron chi connectivity index (χ1n) is 13.3. The number of piperazine rings is 1. The van der Waals surface area contributed by atoms with E-state index in [2.05, 4.69) is 5.32 Å². The highest BCUT2D eigenvalue weighted by Crippen LogP contribution is 2.33. The fraction of sp³-hybridized carbons (Fsp3) is 0.300. The molecule has 2 saturated heterocycles. The standard InChI is InChI=1S/C30H31F2N5O4/c1-19-28-36(27(39)18-34(2)37(28)30(41)33-16-21-6-4-3-5-7-21)26(14-20-8-12-24(38)13-9-20)29(40)35(19)17-22-10-11-23(31)15-25(22)32/h3-13,15,19,26,28,38H,14,16-18H2,1-2H3,(H,33,41). The number of likely N-dealkylation sites (N-methyl/N-ethyl adjacent to an activating group) is 1. The van der Waals surface area contributed by atoms with E-state index in [9.17, 15) is 28.3 Å². The Bertz CT molecular complexity index is 1440. The van der Waals surface area contributed by atoms with Gasteiger partial charge in [-0.2, -0.15) is 0 Å². The van der Waals surface area contributed by atoms with Crippen molar-refractivity contribution in [2.24, 2.45) is 0 Å². The van der Waals surface area contributed by atoms with Crippen LogP contribution in [0.5, 0.6) is 5.75 Å². The minimum Gasteiger partial charge on any atom is -0.508 e. The quantitative estimate of drug-likeness (QED) is 0.480. The second-order valence-corrected chi connectivity index (χ2v) is 10.3. The van der Waals surface area contributed by atoms with E-state index >= 15 is 0 Å². The van der Waals surface area contributed by atoms with Crippen molar-refractivity contribution in [3.05, 3.63) is 101 Å². The molecule has 2 heterocycles. The van der Waals surface area contributed by atoms with E-state index < -0.39 is 41.8 Å². The van der Waals surface area contributed by atoms with Crippen LogP contribution in [0.25, 0.3) is 0 Å². The normalized spacial score (nSPS) is 21.2. The zero-order valence-corrected chi connectivity index (χ0v) is 22.7. The lowest BCUT2D eigenvalue weighted by Gasteiger charge is -2.57. The Morgan fingerprint density at radius 1 is 1.00 bits per heavy atom. The molecule has 2 aliphatic rings. The van der Waals surface area contributed by atoms with Crippen LogP contribution in [0.4, 0.5) is 13.6 Å². The predicted molar refractivity (Wildman–Crippen MR) is 146 cm³/mol. The molecule has 5 rings (SSSR count). The fourth-order valence-electron chi connectivity index (χ4n) is 5.51. The first kappa shape index (κ1) is 28.0. The molecule has 41 heavy (non-hydrogen) atoms. The van der Waals surface area contributed by atoms with Crippen molar-refractivity contribution in [3.8, 4) is 5.75 Å². The maximum atomic E-state index is 14.7. The number of nitrogens with zero attached hydrogens (tertiary/aromatic N) is 4. The molecule has 2 N–H and O–H groups in total. The van der Waals surface area contributed by atoms with Gasteiger partial charge >= 0.3 is 6.03 Å². The van der Waals surface area contributed by atoms with Crippen LogP contribution in [-0.2, 0) is 29.1 Å². The highest BCUT2D eigenvalue weighted by molar-refractivity contribution is 5.92. The molecule has 3 aromatic rings. The number of fused-ring (bicyclic) bond motifs is 1. The van der Waals surface area contributed by atoms with Crippen molar-refractivity contribution in [1.82, 2.24) is 25.1 Å². The van der Waals surface area contributed by atoms with Gasteiger partial charge in [0, 0.05) is 38.2 Å². The third-order valence-corrected chi connectivity index (χ3v) is 7.60. The molecular weight excluding hydrogens is 532 g/mol. The van der Waals surface area contributed by atoms with E-state index in [1.54, 1.807) is 26.1 Å². The van der Waals surface area contributed by atoms with Gasteiger partial charge in [-0.05, 0) is 36.2 Å². The van der Waals surface area contributed by atoms with Gasteiger partial charge < -0.3 is 20.2 Å². The first-order valence-corrected chi connectivity index (χ1v) is 13.3. The van der Waals surface area contributed by atoms with Crippen LogP contribution in [0, 0.1) is 11.6 Å². The zero-order chi connectivity index (χ0) is 29.3. The van der Waals surface area contributed by atoms with Crippen molar-refractivity contribution >= 4 is 17.8 Å². The van der Waals surface area contributed by atoms with Crippen molar-refractivity contribution in [1.29, 1.82) is 0 Å². The summed E-state index contributed by atoms with van der Waals surface area (Å²) >= 11 is 0. The molecular formula is C30H31F2N5O4. The topological polar surface area (TPSA) is 96.4 Å². The molecule has 214 valence electrons. The van der Waals surface area contributed by atoms with Gasteiger partial charge in [-0.15, -0.1) is 0 Å². The lowest BCUT2D eigenvalue weighted by Crippen LogP contribution is -2.78. The number of hydrogen-bond acceptors (Lipinski definition) is 5. The fourth-order valence-corrected chi connectivity index (χ4v) is 5.51. The molecule has 2 aliphatic heterocycles. The Morgan fingerprint density at radius 3 is 2.39 bits per heavy atom. The number of hydrazine groups is 1. The lowest BCUT2D eigenvalue weighted by atomic mass is 9.95. The number of carbonyl (C=O) groups is 3. The Labute approximate surface area is 236 Å². The first-order chi connectivity index (χ1) is 19.6. The van der Waals surface area contributed by atoms with Gasteiger partial charge in [-0.25, -0.2) is 23.6 Å². The molecule has 0 aliphatic carbocycles. The predicted octanol–water partition coefficient (Wildman–Crippen LogP) is 3.24. The molecule has 9 nitrogen and oxygen atoms in total. The summed E-state index contributed by atoms with van der Waals surface area (Å²) in [6, 6.07) is 16.6. The number of nitrogens with one attached hydrogen (secondary N) is 1. The summed E-state index contributed by atoms with van der Waals surface area (Å²) in [5.41, 5.74) is 1.69. The molecule has 2 fully saturated rings. The molecule has 11 heteroatoms. The minimum atomic E-state index is -1.00. The number of benzene rings is 3. The Morgan fingerprint density at radius 2 is 1.71 bits per heavy atom. The number of carbonyl (C=O) groups excluding carboxylic acids is 3. The molecule has 0 aromatic heterocycles.